The minimum atomic E-state index is -3.86. The standard InChI is InChI=1S/C19H24O4S2/c1-3-7-19(24-16-8-5-4-6-9-16)18(20)14-23-25(21,22)17-12-10-15(2)11-13-17/h4-6,8-13,18-20H,3,7,14H2,1-2H3/t18-,19+/m1/s1. The Kier molecular flexibility index (Phi) is 7.50. The van der Waals surface area contributed by atoms with Gasteiger partial charge in [0.05, 0.1) is 17.6 Å². The summed E-state index contributed by atoms with van der Waals surface area (Å²) in [6, 6.07) is 16.2. The SMILES string of the molecule is CCC[C@H](Sc1ccccc1)[C@H](O)COS(=O)(=O)c1ccc(C)cc1. The smallest absolute Gasteiger partial charge is 0.297 e. The van der Waals surface area contributed by atoms with E-state index in [1.807, 2.05) is 44.2 Å². The van der Waals surface area contributed by atoms with Gasteiger partial charge in [-0.3, -0.25) is 4.18 Å². The molecular formula is C19H24O4S2. The first kappa shape index (κ1) is 20.0. The maximum Gasteiger partial charge on any atom is 0.297 e. The predicted molar refractivity (Wildman–Crippen MR) is 101 cm³/mol. The maximum atomic E-state index is 12.2. The topological polar surface area (TPSA) is 63.6 Å². The van der Waals surface area contributed by atoms with Crippen molar-refractivity contribution >= 4 is 21.9 Å². The molecule has 2 atom stereocenters. The highest BCUT2D eigenvalue weighted by Gasteiger charge is 2.24. The second kappa shape index (κ2) is 9.38. The lowest BCUT2D eigenvalue weighted by atomic mass is 10.2. The maximum absolute atomic E-state index is 12.2. The minimum absolute atomic E-state index is 0.105. The molecular weight excluding hydrogens is 356 g/mol. The summed E-state index contributed by atoms with van der Waals surface area (Å²) in [7, 11) is -3.86. The van der Waals surface area contributed by atoms with Gasteiger partial charge in [-0.05, 0) is 37.6 Å². The molecule has 0 aromatic heterocycles. The molecule has 0 aliphatic carbocycles. The Bertz CT molecular complexity index is 743. The zero-order valence-electron chi connectivity index (χ0n) is 14.5. The molecule has 2 rings (SSSR count). The van der Waals surface area contributed by atoms with Crippen molar-refractivity contribution in [2.75, 3.05) is 6.61 Å². The first-order valence-electron chi connectivity index (χ1n) is 8.28. The highest BCUT2D eigenvalue weighted by molar-refractivity contribution is 8.00. The van der Waals surface area contributed by atoms with Crippen LogP contribution in [-0.2, 0) is 14.3 Å². The monoisotopic (exact) mass is 380 g/mol. The molecule has 6 heteroatoms. The van der Waals surface area contributed by atoms with Crippen LogP contribution < -0.4 is 0 Å². The molecule has 0 saturated carbocycles. The predicted octanol–water partition coefficient (Wildman–Crippen LogP) is 4.02. The van der Waals surface area contributed by atoms with Gasteiger partial charge in [0.15, 0.2) is 0 Å². The molecule has 0 aliphatic heterocycles. The third-order valence-corrected chi connectivity index (χ3v) is 6.43. The van der Waals surface area contributed by atoms with Crippen LogP contribution in [0.4, 0.5) is 0 Å². The van der Waals surface area contributed by atoms with Gasteiger partial charge in [0, 0.05) is 10.1 Å². The van der Waals surface area contributed by atoms with Crippen LogP contribution in [0.3, 0.4) is 0 Å². The van der Waals surface area contributed by atoms with Crippen molar-refractivity contribution in [3.05, 3.63) is 60.2 Å². The van der Waals surface area contributed by atoms with Crippen molar-refractivity contribution in [1.29, 1.82) is 0 Å². The van der Waals surface area contributed by atoms with Gasteiger partial charge in [-0.25, -0.2) is 0 Å². The fourth-order valence-corrected chi connectivity index (χ4v) is 4.50. The van der Waals surface area contributed by atoms with Gasteiger partial charge in [-0.1, -0.05) is 49.2 Å². The molecule has 0 saturated heterocycles. The van der Waals surface area contributed by atoms with Crippen molar-refractivity contribution in [3.63, 3.8) is 0 Å². The summed E-state index contributed by atoms with van der Waals surface area (Å²) >= 11 is 1.54. The molecule has 136 valence electrons. The van der Waals surface area contributed by atoms with Gasteiger partial charge in [0.25, 0.3) is 10.1 Å². The average molecular weight is 381 g/mol. The van der Waals surface area contributed by atoms with E-state index in [-0.39, 0.29) is 16.8 Å². The van der Waals surface area contributed by atoms with Crippen LogP contribution in [0, 0.1) is 6.92 Å². The van der Waals surface area contributed by atoms with Gasteiger partial charge < -0.3 is 5.11 Å². The van der Waals surface area contributed by atoms with Crippen molar-refractivity contribution in [3.8, 4) is 0 Å². The van der Waals surface area contributed by atoms with E-state index in [2.05, 4.69) is 0 Å². The number of thioether (sulfide) groups is 1. The van der Waals surface area contributed by atoms with Crippen LogP contribution in [0.2, 0.25) is 0 Å². The zero-order valence-corrected chi connectivity index (χ0v) is 16.1. The lowest BCUT2D eigenvalue weighted by molar-refractivity contribution is 0.106. The summed E-state index contributed by atoms with van der Waals surface area (Å²) in [5, 5.41) is 10.3. The minimum Gasteiger partial charge on any atom is -0.389 e. The molecule has 0 aliphatic rings. The Balaban J connectivity index is 2.00. The van der Waals surface area contributed by atoms with E-state index in [9.17, 15) is 13.5 Å². The molecule has 0 spiro atoms. The van der Waals surface area contributed by atoms with E-state index < -0.39 is 16.2 Å². The van der Waals surface area contributed by atoms with Gasteiger partial charge in [0.2, 0.25) is 0 Å². The molecule has 0 radical (unpaired) electrons. The van der Waals surface area contributed by atoms with Crippen molar-refractivity contribution in [2.24, 2.45) is 0 Å². The van der Waals surface area contributed by atoms with E-state index in [1.165, 1.54) is 12.1 Å². The fraction of sp³-hybridized carbons (Fsp3) is 0.368. The van der Waals surface area contributed by atoms with Crippen LogP contribution in [0.1, 0.15) is 25.3 Å². The molecule has 2 aromatic rings. The van der Waals surface area contributed by atoms with Crippen LogP contribution >= 0.6 is 11.8 Å². The highest BCUT2D eigenvalue weighted by Crippen LogP contribution is 2.29. The Morgan fingerprint density at radius 3 is 2.32 bits per heavy atom. The molecule has 0 amide bonds. The molecule has 0 heterocycles. The van der Waals surface area contributed by atoms with Gasteiger partial charge in [0.1, 0.15) is 0 Å². The number of hydrogen-bond acceptors (Lipinski definition) is 5. The molecule has 0 fully saturated rings. The summed E-state index contributed by atoms with van der Waals surface area (Å²) in [5.41, 5.74) is 0.973. The van der Waals surface area contributed by atoms with E-state index in [4.69, 9.17) is 4.18 Å². The number of benzene rings is 2. The van der Waals surface area contributed by atoms with Crippen LogP contribution in [-0.4, -0.2) is 31.5 Å². The number of aliphatic hydroxyl groups is 1. The first-order valence-corrected chi connectivity index (χ1v) is 10.6. The summed E-state index contributed by atoms with van der Waals surface area (Å²) < 4.78 is 29.6. The molecule has 0 bridgehead atoms. The van der Waals surface area contributed by atoms with Crippen LogP contribution in [0.25, 0.3) is 0 Å². The second-order valence-electron chi connectivity index (χ2n) is 5.88. The quantitative estimate of drug-likeness (QED) is 0.526. The fourth-order valence-electron chi connectivity index (χ4n) is 2.33. The summed E-state index contributed by atoms with van der Waals surface area (Å²) in [5.74, 6) is 0. The molecule has 1 N–H and O–H groups in total. The Morgan fingerprint density at radius 2 is 1.72 bits per heavy atom. The summed E-state index contributed by atoms with van der Waals surface area (Å²) in [6.07, 6.45) is 0.798. The lowest BCUT2D eigenvalue weighted by Crippen LogP contribution is -2.29. The van der Waals surface area contributed by atoms with Crippen molar-refractivity contribution in [1.82, 2.24) is 0 Å². The molecule has 2 aromatic carbocycles. The number of aryl methyl sites for hydroxylation is 1. The third-order valence-electron chi connectivity index (χ3n) is 3.74. The van der Waals surface area contributed by atoms with Gasteiger partial charge >= 0.3 is 0 Å². The molecule has 0 unspecified atom stereocenters. The normalized spacial score (nSPS) is 14.2. The third kappa shape index (κ3) is 6.15. The van der Waals surface area contributed by atoms with Gasteiger partial charge in [-0.2, -0.15) is 8.42 Å². The molecule has 4 nitrogen and oxygen atoms in total. The molecule has 25 heavy (non-hydrogen) atoms. The van der Waals surface area contributed by atoms with Crippen molar-refractivity contribution in [2.45, 2.75) is 47.8 Å². The lowest BCUT2D eigenvalue weighted by Gasteiger charge is -2.22. The van der Waals surface area contributed by atoms with Crippen molar-refractivity contribution < 1.29 is 17.7 Å². The van der Waals surface area contributed by atoms with Crippen LogP contribution in [0.15, 0.2) is 64.4 Å². The summed E-state index contributed by atoms with van der Waals surface area (Å²) in [4.78, 5) is 1.15. The van der Waals surface area contributed by atoms with E-state index in [0.29, 0.717) is 0 Å². The zero-order chi connectivity index (χ0) is 18.3. The Labute approximate surface area is 154 Å². The van der Waals surface area contributed by atoms with E-state index in [1.54, 1.807) is 23.9 Å². The van der Waals surface area contributed by atoms with E-state index >= 15 is 0 Å². The van der Waals surface area contributed by atoms with Gasteiger partial charge in [-0.15, -0.1) is 11.8 Å². The number of aliphatic hydroxyl groups excluding tert-OH is 1. The average Bonchev–Trinajstić information content (AvgIpc) is 2.61. The first-order chi connectivity index (χ1) is 11.9. The number of rotatable bonds is 9. The largest absolute Gasteiger partial charge is 0.389 e. The Morgan fingerprint density at radius 1 is 1.08 bits per heavy atom. The summed E-state index contributed by atoms with van der Waals surface area (Å²) in [6.45, 7) is 3.67. The van der Waals surface area contributed by atoms with Crippen LogP contribution in [0.5, 0.6) is 0 Å². The highest BCUT2D eigenvalue weighted by atomic mass is 32.2. The van der Waals surface area contributed by atoms with E-state index in [0.717, 1.165) is 23.3 Å². The Hall–Kier alpha value is -1.34. The second-order valence-corrected chi connectivity index (χ2v) is 8.81. The number of hydrogen-bond donors (Lipinski definition) is 1.